The lowest BCUT2D eigenvalue weighted by molar-refractivity contribution is -0.133. The van der Waals surface area contributed by atoms with Crippen LogP contribution in [0.4, 0.5) is 4.39 Å². The Kier molecular flexibility index (Phi) is 6.18. The maximum absolute atomic E-state index is 13.2. The largest absolute Gasteiger partial charge is 0.437 e. The summed E-state index contributed by atoms with van der Waals surface area (Å²) in [5, 5.41) is 4.20. The summed E-state index contributed by atoms with van der Waals surface area (Å²) in [6.45, 7) is 0. The van der Waals surface area contributed by atoms with Gasteiger partial charge in [0.25, 0.3) is 0 Å². The van der Waals surface area contributed by atoms with Crippen molar-refractivity contribution in [2.75, 3.05) is 0 Å². The molecule has 2 aromatic carbocycles. The Balaban J connectivity index is 1.13. The van der Waals surface area contributed by atoms with Crippen molar-refractivity contribution in [2.24, 2.45) is 12.5 Å². The van der Waals surface area contributed by atoms with Gasteiger partial charge in [-0.25, -0.2) is 14.4 Å². The Bertz CT molecular complexity index is 1690. The van der Waals surface area contributed by atoms with Gasteiger partial charge in [0.1, 0.15) is 17.9 Å². The lowest BCUT2D eigenvalue weighted by Crippen LogP contribution is -2.28. The molecule has 6 rings (SSSR count). The van der Waals surface area contributed by atoms with Crippen molar-refractivity contribution in [2.45, 2.75) is 25.7 Å². The molecule has 0 saturated heterocycles. The average molecular weight is 522 g/mol. The van der Waals surface area contributed by atoms with Crippen LogP contribution in [0.5, 0.6) is 11.6 Å². The van der Waals surface area contributed by atoms with Gasteiger partial charge in [-0.15, -0.1) is 0 Å². The van der Waals surface area contributed by atoms with E-state index in [4.69, 9.17) is 4.74 Å². The average Bonchev–Trinajstić information content (AvgIpc) is 3.65. The van der Waals surface area contributed by atoms with Crippen LogP contribution in [0, 0.1) is 11.2 Å². The minimum Gasteiger partial charge on any atom is -0.437 e. The summed E-state index contributed by atoms with van der Waals surface area (Å²) >= 11 is 0. The number of aromatic nitrogens is 5. The zero-order valence-electron chi connectivity index (χ0n) is 21.2. The number of rotatable bonds is 9. The van der Waals surface area contributed by atoms with Gasteiger partial charge in [-0.2, -0.15) is 10.1 Å². The van der Waals surface area contributed by atoms with Gasteiger partial charge >= 0.3 is 0 Å². The fourth-order valence-electron chi connectivity index (χ4n) is 4.66. The van der Waals surface area contributed by atoms with Crippen LogP contribution in [0.2, 0.25) is 0 Å². The summed E-state index contributed by atoms with van der Waals surface area (Å²) in [5.74, 6) is 0.324. The van der Waals surface area contributed by atoms with Gasteiger partial charge in [-0.1, -0.05) is 24.3 Å². The quantitative estimate of drug-likeness (QED) is 0.250. The molecule has 0 atom stereocenters. The van der Waals surface area contributed by atoms with Gasteiger partial charge in [0.2, 0.25) is 5.88 Å². The summed E-state index contributed by atoms with van der Waals surface area (Å²) < 4.78 is 20.9. The molecule has 0 radical (unpaired) electrons. The zero-order chi connectivity index (χ0) is 27.0. The van der Waals surface area contributed by atoms with Gasteiger partial charge in [0.15, 0.2) is 17.1 Å². The van der Waals surface area contributed by atoms with E-state index < -0.39 is 5.41 Å². The van der Waals surface area contributed by atoms with Crippen molar-refractivity contribution in [1.82, 2.24) is 24.7 Å². The first-order valence-corrected chi connectivity index (χ1v) is 12.6. The molecule has 9 heteroatoms. The molecule has 1 fully saturated rings. The minimum absolute atomic E-state index is 0.0845. The van der Waals surface area contributed by atoms with Crippen LogP contribution >= 0.6 is 0 Å². The van der Waals surface area contributed by atoms with Gasteiger partial charge in [0.05, 0.1) is 17.1 Å². The molecule has 1 aliphatic rings. The highest BCUT2D eigenvalue weighted by molar-refractivity contribution is 6.10. The maximum atomic E-state index is 13.2. The molecule has 0 N–H and O–H groups in total. The molecule has 0 bridgehead atoms. The Morgan fingerprint density at radius 1 is 0.897 bits per heavy atom. The highest BCUT2D eigenvalue weighted by Crippen LogP contribution is 2.48. The molecule has 3 aromatic heterocycles. The second-order valence-corrected chi connectivity index (χ2v) is 9.83. The van der Waals surface area contributed by atoms with Gasteiger partial charge in [-0.3, -0.25) is 14.3 Å². The standard InChI is InChI=1S/C30H24FN5O3/c1-36-17-22(16-35-36)21-14-25-28(32-15-21)29(34-18-33-25)39-24-8-4-20(5-9-24)13-27(38)30(10-11-30)26(37)12-19-2-6-23(31)7-3-19/h2-9,14-18H,10-13H2,1H3. The second-order valence-electron chi connectivity index (χ2n) is 9.83. The third-order valence-corrected chi connectivity index (χ3v) is 7.08. The van der Waals surface area contributed by atoms with Crippen LogP contribution < -0.4 is 4.74 Å². The van der Waals surface area contributed by atoms with Gasteiger partial charge < -0.3 is 4.74 Å². The van der Waals surface area contributed by atoms with Crippen LogP contribution in [0.25, 0.3) is 22.2 Å². The van der Waals surface area contributed by atoms with Crippen molar-refractivity contribution in [3.05, 3.63) is 96.5 Å². The number of benzene rings is 2. The molecular weight excluding hydrogens is 497 g/mol. The molecule has 194 valence electrons. The van der Waals surface area contributed by atoms with E-state index in [1.165, 1.54) is 18.5 Å². The predicted octanol–water partition coefficient (Wildman–Crippen LogP) is 5.06. The molecule has 0 spiro atoms. The van der Waals surface area contributed by atoms with E-state index in [1.54, 1.807) is 41.3 Å². The van der Waals surface area contributed by atoms with E-state index in [0.717, 1.165) is 16.7 Å². The van der Waals surface area contributed by atoms with Gasteiger partial charge in [-0.05, 0) is 54.3 Å². The SMILES string of the molecule is Cn1cc(-c2cnc3c(Oc4ccc(CC(=O)C5(C(=O)Cc6ccc(F)cc6)CC5)cc4)ncnc3c2)cn1. The highest BCUT2D eigenvalue weighted by atomic mass is 19.1. The molecule has 1 saturated carbocycles. The lowest BCUT2D eigenvalue weighted by atomic mass is 9.88. The summed E-state index contributed by atoms with van der Waals surface area (Å²) in [5.41, 5.74) is 3.57. The topological polar surface area (TPSA) is 99.9 Å². The fraction of sp³-hybridized carbons (Fsp3) is 0.200. The number of aryl methyl sites for hydroxylation is 1. The summed E-state index contributed by atoms with van der Waals surface area (Å²) in [7, 11) is 1.85. The van der Waals surface area contributed by atoms with E-state index in [2.05, 4.69) is 20.1 Å². The fourth-order valence-corrected chi connectivity index (χ4v) is 4.66. The Morgan fingerprint density at radius 2 is 1.56 bits per heavy atom. The molecule has 39 heavy (non-hydrogen) atoms. The second kappa shape index (κ2) is 9.83. The molecule has 8 nitrogen and oxygen atoms in total. The first-order valence-electron chi connectivity index (χ1n) is 12.6. The van der Waals surface area contributed by atoms with Crippen LogP contribution in [0.3, 0.4) is 0 Å². The van der Waals surface area contributed by atoms with Crippen LogP contribution in [0.1, 0.15) is 24.0 Å². The molecule has 0 unspecified atom stereocenters. The first kappa shape index (κ1) is 24.5. The number of hydrogen-bond donors (Lipinski definition) is 0. The maximum Gasteiger partial charge on any atom is 0.249 e. The summed E-state index contributed by atoms with van der Waals surface area (Å²) in [6.07, 6.45) is 8.23. The van der Waals surface area contributed by atoms with Gasteiger partial charge in [0, 0.05) is 43.4 Å². The minimum atomic E-state index is -0.927. The van der Waals surface area contributed by atoms with E-state index in [0.29, 0.717) is 41.1 Å². The number of nitrogens with zero attached hydrogens (tertiary/aromatic N) is 5. The Morgan fingerprint density at radius 3 is 2.18 bits per heavy atom. The summed E-state index contributed by atoms with van der Waals surface area (Å²) in [6, 6.07) is 14.9. The molecular formula is C30H24FN5O3. The zero-order valence-corrected chi connectivity index (χ0v) is 21.2. The Labute approximate surface area is 223 Å². The number of fused-ring (bicyclic) bond motifs is 1. The van der Waals surface area contributed by atoms with Crippen LogP contribution in [-0.2, 0) is 29.5 Å². The highest BCUT2D eigenvalue weighted by Gasteiger charge is 2.54. The molecule has 1 aliphatic carbocycles. The Hall–Kier alpha value is -4.79. The van der Waals surface area contributed by atoms with Crippen molar-refractivity contribution in [1.29, 1.82) is 0 Å². The number of halogens is 1. The first-order chi connectivity index (χ1) is 18.9. The predicted molar refractivity (Wildman–Crippen MR) is 142 cm³/mol. The third kappa shape index (κ3) is 5.03. The number of Topliss-reactive ketones (excluding diaryl/α,β-unsaturated/α-hetero) is 2. The smallest absolute Gasteiger partial charge is 0.249 e. The van der Waals surface area contributed by atoms with Crippen molar-refractivity contribution in [3.8, 4) is 22.8 Å². The van der Waals surface area contributed by atoms with Crippen LogP contribution in [-0.4, -0.2) is 36.3 Å². The van der Waals surface area contributed by atoms with E-state index >= 15 is 0 Å². The number of carbonyl (C=O) groups is 2. The van der Waals surface area contributed by atoms with Crippen molar-refractivity contribution >= 4 is 22.6 Å². The number of hydrogen-bond acceptors (Lipinski definition) is 7. The monoisotopic (exact) mass is 521 g/mol. The molecule has 3 heterocycles. The van der Waals surface area contributed by atoms with E-state index in [1.807, 2.05) is 31.4 Å². The molecule has 0 aliphatic heterocycles. The third-order valence-electron chi connectivity index (χ3n) is 7.08. The summed E-state index contributed by atoms with van der Waals surface area (Å²) in [4.78, 5) is 39.1. The van der Waals surface area contributed by atoms with Crippen molar-refractivity contribution < 1.29 is 18.7 Å². The van der Waals surface area contributed by atoms with Crippen LogP contribution in [0.15, 0.2) is 79.5 Å². The number of pyridine rings is 1. The lowest BCUT2D eigenvalue weighted by Gasteiger charge is -2.13. The molecule has 0 amide bonds. The number of ketones is 2. The number of carbonyl (C=O) groups excluding carboxylic acids is 2. The normalized spacial score (nSPS) is 13.8. The molecule has 5 aromatic rings. The number of ether oxygens (including phenoxy) is 1. The van der Waals surface area contributed by atoms with Crippen molar-refractivity contribution in [3.63, 3.8) is 0 Å². The van der Waals surface area contributed by atoms with E-state index in [9.17, 15) is 14.0 Å². The van der Waals surface area contributed by atoms with E-state index in [-0.39, 0.29) is 30.2 Å².